The number of likely N-dealkylation sites (tertiary alicyclic amines) is 1. The fourth-order valence-electron chi connectivity index (χ4n) is 4.44. The molecule has 2 atom stereocenters. The first-order valence-corrected chi connectivity index (χ1v) is 9.34. The predicted molar refractivity (Wildman–Crippen MR) is 108 cm³/mol. The van der Waals surface area contributed by atoms with Crippen LogP contribution >= 0.6 is 12.4 Å². The third-order valence-corrected chi connectivity index (χ3v) is 5.73. The summed E-state index contributed by atoms with van der Waals surface area (Å²) >= 11 is 0. The summed E-state index contributed by atoms with van der Waals surface area (Å²) in [6, 6.07) is 11.6. The van der Waals surface area contributed by atoms with Gasteiger partial charge in [0.05, 0.1) is 5.56 Å². The van der Waals surface area contributed by atoms with E-state index in [1.165, 1.54) is 18.4 Å². The minimum Gasteiger partial charge on any atom is -0.337 e. The number of halogens is 1. The van der Waals surface area contributed by atoms with Crippen molar-refractivity contribution in [3.63, 3.8) is 0 Å². The number of hydrogen-bond donors (Lipinski definition) is 1. The molecule has 1 aromatic heterocycles. The van der Waals surface area contributed by atoms with Crippen molar-refractivity contribution >= 4 is 18.3 Å². The molecular formula is C21H28ClN3O. The van der Waals surface area contributed by atoms with Gasteiger partial charge in [-0.2, -0.15) is 0 Å². The van der Waals surface area contributed by atoms with Crippen LogP contribution in [-0.4, -0.2) is 40.5 Å². The van der Waals surface area contributed by atoms with Gasteiger partial charge in [0.25, 0.3) is 5.91 Å². The minimum atomic E-state index is 0. The molecule has 4 nitrogen and oxygen atoms in total. The molecular weight excluding hydrogens is 346 g/mol. The van der Waals surface area contributed by atoms with Gasteiger partial charge in [0, 0.05) is 42.2 Å². The van der Waals surface area contributed by atoms with Crippen LogP contribution in [0.25, 0.3) is 5.69 Å². The van der Waals surface area contributed by atoms with Gasteiger partial charge in [-0.05, 0) is 63.8 Å². The van der Waals surface area contributed by atoms with E-state index < -0.39 is 0 Å². The summed E-state index contributed by atoms with van der Waals surface area (Å²) < 4.78 is 2.20. The topological polar surface area (TPSA) is 37.3 Å². The first kappa shape index (κ1) is 19.0. The lowest BCUT2D eigenvalue weighted by molar-refractivity contribution is 0.0747. The van der Waals surface area contributed by atoms with Crippen LogP contribution in [0.2, 0.25) is 0 Å². The number of fused-ring (bicyclic) bond motifs is 2. The van der Waals surface area contributed by atoms with Crippen molar-refractivity contribution in [2.45, 2.75) is 52.1 Å². The number of nitrogens with zero attached hydrogens (tertiary/aromatic N) is 2. The van der Waals surface area contributed by atoms with Crippen molar-refractivity contribution in [1.29, 1.82) is 0 Å². The summed E-state index contributed by atoms with van der Waals surface area (Å²) in [5.41, 5.74) is 5.35. The van der Waals surface area contributed by atoms with Gasteiger partial charge in [0.2, 0.25) is 0 Å². The molecule has 2 saturated heterocycles. The van der Waals surface area contributed by atoms with E-state index in [1.807, 2.05) is 0 Å². The van der Waals surface area contributed by atoms with E-state index in [0.29, 0.717) is 12.1 Å². The van der Waals surface area contributed by atoms with Gasteiger partial charge >= 0.3 is 0 Å². The standard InChI is InChI=1S/C21H27N3O.ClH/c1-14-5-4-6-19(11-14)24-15(2)12-20(16(24)3)21(25)23-10-9-17-7-8-18(13-23)22-17;/h4-6,11-12,17-18,22H,7-10,13H2,1-3H3;1H. The van der Waals surface area contributed by atoms with Crippen LogP contribution < -0.4 is 5.32 Å². The zero-order valence-electron chi connectivity index (χ0n) is 15.8. The Labute approximate surface area is 162 Å². The average molecular weight is 374 g/mol. The summed E-state index contributed by atoms with van der Waals surface area (Å²) in [6.07, 6.45) is 3.52. The van der Waals surface area contributed by atoms with E-state index >= 15 is 0 Å². The number of benzene rings is 1. The highest BCUT2D eigenvalue weighted by atomic mass is 35.5. The van der Waals surface area contributed by atoms with Crippen molar-refractivity contribution in [3.8, 4) is 5.69 Å². The lowest BCUT2D eigenvalue weighted by atomic mass is 10.1. The second-order valence-electron chi connectivity index (χ2n) is 7.64. The van der Waals surface area contributed by atoms with E-state index in [0.717, 1.165) is 42.1 Å². The van der Waals surface area contributed by atoms with Gasteiger partial charge in [0.15, 0.2) is 0 Å². The largest absolute Gasteiger partial charge is 0.337 e. The van der Waals surface area contributed by atoms with Crippen LogP contribution in [0, 0.1) is 20.8 Å². The predicted octanol–water partition coefficient (Wildman–Crippen LogP) is 3.79. The number of carbonyl (C=O) groups is 1. The molecule has 1 N–H and O–H groups in total. The molecule has 140 valence electrons. The highest BCUT2D eigenvalue weighted by molar-refractivity contribution is 5.96. The van der Waals surface area contributed by atoms with Crippen molar-refractivity contribution in [2.75, 3.05) is 13.1 Å². The third-order valence-electron chi connectivity index (χ3n) is 5.73. The molecule has 2 aromatic rings. The number of rotatable bonds is 2. The van der Waals surface area contributed by atoms with E-state index in [2.05, 4.69) is 65.9 Å². The number of aromatic nitrogens is 1. The Morgan fingerprint density at radius 2 is 1.85 bits per heavy atom. The van der Waals surface area contributed by atoms with Gasteiger partial charge in [-0.25, -0.2) is 0 Å². The molecule has 2 unspecified atom stereocenters. The van der Waals surface area contributed by atoms with Crippen LogP contribution in [-0.2, 0) is 0 Å². The van der Waals surface area contributed by atoms with Crippen LogP contribution in [0.15, 0.2) is 30.3 Å². The molecule has 4 rings (SSSR count). The molecule has 1 amide bonds. The first-order valence-electron chi connectivity index (χ1n) is 9.34. The molecule has 0 aliphatic carbocycles. The van der Waals surface area contributed by atoms with Crippen molar-refractivity contribution in [1.82, 2.24) is 14.8 Å². The normalized spacial score (nSPS) is 22.0. The molecule has 5 heteroatoms. The fourth-order valence-corrected chi connectivity index (χ4v) is 4.44. The zero-order valence-corrected chi connectivity index (χ0v) is 16.6. The number of aryl methyl sites for hydroxylation is 2. The summed E-state index contributed by atoms with van der Waals surface area (Å²) in [5.74, 6) is 0.182. The molecule has 3 heterocycles. The molecule has 26 heavy (non-hydrogen) atoms. The Morgan fingerprint density at radius 1 is 1.08 bits per heavy atom. The van der Waals surface area contributed by atoms with E-state index in [4.69, 9.17) is 0 Å². The maximum atomic E-state index is 13.2. The van der Waals surface area contributed by atoms with Crippen LogP contribution in [0.1, 0.15) is 46.6 Å². The summed E-state index contributed by atoms with van der Waals surface area (Å²) in [7, 11) is 0. The quantitative estimate of drug-likeness (QED) is 0.869. The molecule has 2 aliphatic rings. The molecule has 1 aromatic carbocycles. The van der Waals surface area contributed by atoms with Crippen LogP contribution in [0.5, 0.6) is 0 Å². The fraction of sp³-hybridized carbons (Fsp3) is 0.476. The lowest BCUT2D eigenvalue weighted by Crippen LogP contribution is -2.39. The van der Waals surface area contributed by atoms with Crippen molar-refractivity contribution < 1.29 is 4.79 Å². The third kappa shape index (κ3) is 3.40. The van der Waals surface area contributed by atoms with E-state index in [-0.39, 0.29) is 18.3 Å². The van der Waals surface area contributed by atoms with E-state index in [1.54, 1.807) is 0 Å². The van der Waals surface area contributed by atoms with Gasteiger partial charge in [0.1, 0.15) is 0 Å². The second kappa shape index (κ2) is 7.45. The number of nitrogens with one attached hydrogen (secondary N) is 1. The lowest BCUT2D eigenvalue weighted by Gasteiger charge is -2.24. The van der Waals surface area contributed by atoms with E-state index in [9.17, 15) is 4.79 Å². The Hall–Kier alpha value is -1.78. The van der Waals surface area contributed by atoms with Gasteiger partial charge in [-0.1, -0.05) is 12.1 Å². The number of hydrogen-bond acceptors (Lipinski definition) is 2. The number of amides is 1. The van der Waals surface area contributed by atoms with Gasteiger partial charge in [-0.15, -0.1) is 12.4 Å². The Kier molecular flexibility index (Phi) is 5.44. The maximum Gasteiger partial charge on any atom is 0.255 e. The van der Waals surface area contributed by atoms with Crippen LogP contribution in [0.4, 0.5) is 0 Å². The first-order chi connectivity index (χ1) is 12.0. The molecule has 2 bridgehead atoms. The summed E-state index contributed by atoms with van der Waals surface area (Å²) in [5, 5.41) is 3.65. The molecule has 2 fully saturated rings. The Morgan fingerprint density at radius 3 is 2.62 bits per heavy atom. The van der Waals surface area contributed by atoms with Crippen LogP contribution in [0.3, 0.4) is 0 Å². The molecule has 0 saturated carbocycles. The van der Waals surface area contributed by atoms with Crippen molar-refractivity contribution in [2.24, 2.45) is 0 Å². The Bertz CT molecular complexity index is 814. The highest BCUT2D eigenvalue weighted by Gasteiger charge is 2.32. The summed E-state index contributed by atoms with van der Waals surface area (Å²) in [6.45, 7) is 7.94. The minimum absolute atomic E-state index is 0. The summed E-state index contributed by atoms with van der Waals surface area (Å²) in [4.78, 5) is 15.3. The smallest absolute Gasteiger partial charge is 0.255 e. The molecule has 0 radical (unpaired) electrons. The SMILES string of the molecule is Cc1cccc(-n2c(C)cc(C(=O)N3CCC4CCC(C3)N4)c2C)c1.Cl. The van der Waals surface area contributed by atoms with Gasteiger partial charge in [-0.3, -0.25) is 4.79 Å². The van der Waals surface area contributed by atoms with Gasteiger partial charge < -0.3 is 14.8 Å². The molecule has 2 aliphatic heterocycles. The maximum absolute atomic E-state index is 13.2. The molecule has 0 spiro atoms. The number of carbonyl (C=O) groups excluding carboxylic acids is 1. The van der Waals surface area contributed by atoms with Crippen molar-refractivity contribution in [3.05, 3.63) is 52.8 Å². The highest BCUT2D eigenvalue weighted by Crippen LogP contribution is 2.25. The monoisotopic (exact) mass is 373 g/mol. The average Bonchev–Trinajstić information content (AvgIpc) is 3.05. The second-order valence-corrected chi connectivity index (χ2v) is 7.64. The Balaban J connectivity index is 0.00000196. The zero-order chi connectivity index (χ0) is 17.6.